The fourth-order valence-electron chi connectivity index (χ4n) is 3.31. The summed E-state index contributed by atoms with van der Waals surface area (Å²) in [4.78, 5) is 12.4. The summed E-state index contributed by atoms with van der Waals surface area (Å²) in [5, 5.41) is 22.3. The highest BCUT2D eigenvalue weighted by Gasteiger charge is 2.35. The molecule has 3 rings (SSSR count). The molecule has 0 unspecified atom stereocenters. The number of halogens is 1. The molecule has 1 saturated carbocycles. The standard InChI is InChI=1S/C19H22ClN5OS/c1-2-11-25-17(14-5-7-15(20)8-6-14)23-24-18(25)27-12-16(26)22-19(13-21)9-3-4-10-19/h5-8H,2-4,9-12H2,1H3,(H,22,26). The van der Waals surface area contributed by atoms with Crippen molar-refractivity contribution in [1.82, 2.24) is 20.1 Å². The van der Waals surface area contributed by atoms with E-state index in [2.05, 4.69) is 28.5 Å². The van der Waals surface area contributed by atoms with Crippen LogP contribution in [0.1, 0.15) is 39.0 Å². The highest BCUT2D eigenvalue weighted by molar-refractivity contribution is 7.99. The summed E-state index contributed by atoms with van der Waals surface area (Å²) in [7, 11) is 0. The van der Waals surface area contributed by atoms with E-state index in [-0.39, 0.29) is 11.7 Å². The van der Waals surface area contributed by atoms with Crippen LogP contribution in [0.3, 0.4) is 0 Å². The lowest BCUT2D eigenvalue weighted by Crippen LogP contribution is -2.45. The molecule has 0 radical (unpaired) electrons. The van der Waals surface area contributed by atoms with Gasteiger partial charge in [-0.3, -0.25) is 4.79 Å². The van der Waals surface area contributed by atoms with Gasteiger partial charge in [-0.2, -0.15) is 5.26 Å². The molecular weight excluding hydrogens is 382 g/mol. The third-order valence-corrected chi connectivity index (χ3v) is 5.87. The van der Waals surface area contributed by atoms with Gasteiger partial charge in [0.25, 0.3) is 0 Å². The summed E-state index contributed by atoms with van der Waals surface area (Å²) in [6.07, 6.45) is 4.35. The summed E-state index contributed by atoms with van der Waals surface area (Å²) in [5.41, 5.74) is 0.245. The first-order valence-electron chi connectivity index (χ1n) is 9.11. The number of aromatic nitrogens is 3. The van der Waals surface area contributed by atoms with E-state index in [4.69, 9.17) is 11.6 Å². The number of carbonyl (C=O) groups is 1. The third-order valence-electron chi connectivity index (χ3n) is 4.65. The van der Waals surface area contributed by atoms with Gasteiger partial charge in [-0.05, 0) is 56.4 Å². The van der Waals surface area contributed by atoms with Gasteiger partial charge >= 0.3 is 0 Å². The number of nitrogens with one attached hydrogen (secondary N) is 1. The Morgan fingerprint density at radius 3 is 2.67 bits per heavy atom. The number of amides is 1. The van der Waals surface area contributed by atoms with Crippen LogP contribution in [0.4, 0.5) is 0 Å². The molecule has 1 aliphatic rings. The summed E-state index contributed by atoms with van der Waals surface area (Å²) in [6.45, 7) is 2.85. The molecule has 0 saturated heterocycles. The van der Waals surface area contributed by atoms with E-state index in [0.29, 0.717) is 10.2 Å². The molecule has 0 spiro atoms. The Morgan fingerprint density at radius 2 is 2.04 bits per heavy atom. The Morgan fingerprint density at radius 1 is 1.33 bits per heavy atom. The van der Waals surface area contributed by atoms with E-state index < -0.39 is 5.54 Å². The van der Waals surface area contributed by atoms with Crippen molar-refractivity contribution >= 4 is 29.3 Å². The minimum Gasteiger partial charge on any atom is -0.337 e. The summed E-state index contributed by atoms with van der Waals surface area (Å²) < 4.78 is 2.02. The Kier molecular flexibility index (Phi) is 6.40. The van der Waals surface area contributed by atoms with Gasteiger partial charge < -0.3 is 9.88 Å². The second-order valence-corrected chi connectivity index (χ2v) is 8.08. The SMILES string of the molecule is CCCn1c(SCC(=O)NC2(C#N)CCCC2)nnc1-c1ccc(Cl)cc1. The van der Waals surface area contributed by atoms with Gasteiger partial charge in [-0.15, -0.1) is 10.2 Å². The number of benzene rings is 1. The lowest BCUT2D eigenvalue weighted by atomic mass is 10.0. The number of hydrogen-bond acceptors (Lipinski definition) is 5. The zero-order valence-electron chi connectivity index (χ0n) is 15.2. The first kappa shape index (κ1) is 19.7. The van der Waals surface area contributed by atoms with Crippen LogP contribution in [0.15, 0.2) is 29.4 Å². The Hall–Kier alpha value is -2.04. The average Bonchev–Trinajstić information content (AvgIpc) is 3.29. The van der Waals surface area contributed by atoms with E-state index >= 15 is 0 Å². The Labute approximate surface area is 168 Å². The molecule has 27 heavy (non-hydrogen) atoms. The third kappa shape index (κ3) is 4.63. The molecule has 1 amide bonds. The summed E-state index contributed by atoms with van der Waals surface area (Å²) >= 11 is 7.32. The van der Waals surface area contributed by atoms with Gasteiger partial charge in [0.2, 0.25) is 5.91 Å². The van der Waals surface area contributed by atoms with Crippen LogP contribution in [-0.4, -0.2) is 32.0 Å². The van der Waals surface area contributed by atoms with Crippen LogP contribution >= 0.6 is 23.4 Å². The first-order valence-corrected chi connectivity index (χ1v) is 10.5. The molecule has 2 aromatic rings. The Balaban J connectivity index is 1.70. The predicted octanol–water partition coefficient (Wildman–Crippen LogP) is 4.05. The van der Waals surface area contributed by atoms with Crippen molar-refractivity contribution in [3.05, 3.63) is 29.3 Å². The highest BCUT2D eigenvalue weighted by Crippen LogP contribution is 2.29. The summed E-state index contributed by atoms with van der Waals surface area (Å²) in [6, 6.07) is 9.76. The number of nitriles is 1. The normalized spacial score (nSPS) is 15.4. The molecule has 1 aromatic carbocycles. The number of thioether (sulfide) groups is 1. The van der Waals surface area contributed by atoms with Crippen LogP contribution in [0.25, 0.3) is 11.4 Å². The van der Waals surface area contributed by atoms with Gasteiger partial charge in [0.05, 0.1) is 11.8 Å². The number of hydrogen-bond donors (Lipinski definition) is 1. The molecule has 1 heterocycles. The number of carbonyl (C=O) groups excluding carboxylic acids is 1. The largest absolute Gasteiger partial charge is 0.337 e. The van der Waals surface area contributed by atoms with Gasteiger partial charge in [-0.1, -0.05) is 30.3 Å². The van der Waals surface area contributed by atoms with Crippen LogP contribution in [0.5, 0.6) is 0 Å². The first-order chi connectivity index (χ1) is 13.1. The van der Waals surface area contributed by atoms with Crippen LogP contribution in [0, 0.1) is 11.3 Å². The van der Waals surface area contributed by atoms with Crippen molar-refractivity contribution < 1.29 is 4.79 Å². The van der Waals surface area contributed by atoms with Crippen LogP contribution < -0.4 is 5.32 Å². The van der Waals surface area contributed by atoms with Gasteiger partial charge in [0, 0.05) is 17.1 Å². The number of nitrogens with zero attached hydrogens (tertiary/aromatic N) is 4. The molecule has 1 aromatic heterocycles. The van der Waals surface area contributed by atoms with Crippen LogP contribution in [-0.2, 0) is 11.3 Å². The maximum absolute atomic E-state index is 12.4. The zero-order valence-corrected chi connectivity index (χ0v) is 16.8. The molecule has 1 aliphatic carbocycles. The van der Waals surface area contributed by atoms with Crippen molar-refractivity contribution in [1.29, 1.82) is 5.26 Å². The van der Waals surface area contributed by atoms with E-state index in [1.165, 1.54) is 11.8 Å². The molecule has 0 aliphatic heterocycles. The Bertz CT molecular complexity index is 837. The topological polar surface area (TPSA) is 83.6 Å². The fraction of sp³-hybridized carbons (Fsp3) is 0.474. The highest BCUT2D eigenvalue weighted by atomic mass is 35.5. The molecule has 6 nitrogen and oxygen atoms in total. The second-order valence-electron chi connectivity index (χ2n) is 6.70. The van der Waals surface area contributed by atoms with Gasteiger partial charge in [0.1, 0.15) is 5.54 Å². The second kappa shape index (κ2) is 8.77. The van der Waals surface area contributed by atoms with Gasteiger partial charge in [0.15, 0.2) is 11.0 Å². The molecule has 1 fully saturated rings. The lowest BCUT2D eigenvalue weighted by Gasteiger charge is -2.21. The molecule has 142 valence electrons. The quantitative estimate of drug-likeness (QED) is 0.705. The van der Waals surface area contributed by atoms with Crippen molar-refractivity contribution in [2.24, 2.45) is 0 Å². The molecule has 0 bridgehead atoms. The molecule has 8 heteroatoms. The van der Waals surface area contributed by atoms with E-state index in [9.17, 15) is 10.1 Å². The van der Waals surface area contributed by atoms with E-state index in [1.807, 2.05) is 28.8 Å². The summed E-state index contributed by atoms with van der Waals surface area (Å²) in [5.74, 6) is 0.842. The van der Waals surface area contributed by atoms with Crippen LogP contribution in [0.2, 0.25) is 5.02 Å². The monoisotopic (exact) mass is 403 g/mol. The lowest BCUT2D eigenvalue weighted by molar-refractivity contribution is -0.119. The smallest absolute Gasteiger partial charge is 0.231 e. The predicted molar refractivity (Wildman–Crippen MR) is 106 cm³/mol. The van der Waals surface area contributed by atoms with Gasteiger partial charge in [-0.25, -0.2) is 0 Å². The molecule has 0 atom stereocenters. The zero-order chi connectivity index (χ0) is 19.3. The maximum atomic E-state index is 12.4. The van der Waals surface area contributed by atoms with E-state index in [0.717, 1.165) is 50.0 Å². The van der Waals surface area contributed by atoms with Crippen molar-refractivity contribution in [3.8, 4) is 17.5 Å². The van der Waals surface area contributed by atoms with Crippen molar-refractivity contribution in [3.63, 3.8) is 0 Å². The fourth-order valence-corrected chi connectivity index (χ4v) is 4.20. The number of rotatable bonds is 7. The van der Waals surface area contributed by atoms with Crippen molar-refractivity contribution in [2.75, 3.05) is 5.75 Å². The van der Waals surface area contributed by atoms with Crippen molar-refractivity contribution in [2.45, 2.75) is 56.3 Å². The minimum atomic E-state index is -0.691. The molecule has 1 N–H and O–H groups in total. The maximum Gasteiger partial charge on any atom is 0.231 e. The molecular formula is C19H22ClN5OS. The van der Waals surface area contributed by atoms with E-state index in [1.54, 1.807) is 0 Å². The minimum absolute atomic E-state index is 0.137. The average molecular weight is 404 g/mol.